The standard InChI is InChI=1S/C14H16ClN3O/c1-4-19-11-5-10(6-16-7-11)13-12(9(2)3)14(15)18-8-17-13/h5-9H,4H2,1-3H3. The number of ether oxygens (including phenoxy) is 1. The summed E-state index contributed by atoms with van der Waals surface area (Å²) < 4.78 is 5.46. The maximum absolute atomic E-state index is 6.17. The summed E-state index contributed by atoms with van der Waals surface area (Å²) in [6.07, 6.45) is 4.91. The number of rotatable bonds is 4. The van der Waals surface area contributed by atoms with Crippen molar-refractivity contribution in [1.29, 1.82) is 0 Å². The molecule has 0 aliphatic rings. The zero-order chi connectivity index (χ0) is 13.8. The molecule has 0 amide bonds. The lowest BCUT2D eigenvalue weighted by molar-refractivity contribution is 0.339. The summed E-state index contributed by atoms with van der Waals surface area (Å²) in [6.45, 7) is 6.67. The van der Waals surface area contributed by atoms with Crippen LogP contribution in [-0.2, 0) is 0 Å². The Balaban J connectivity index is 2.52. The molecule has 0 fully saturated rings. The molecule has 100 valence electrons. The van der Waals surface area contributed by atoms with Crippen LogP contribution in [0.1, 0.15) is 32.3 Å². The Morgan fingerprint density at radius 1 is 1.26 bits per heavy atom. The zero-order valence-corrected chi connectivity index (χ0v) is 12.0. The van der Waals surface area contributed by atoms with Crippen LogP contribution in [0.15, 0.2) is 24.8 Å². The summed E-state index contributed by atoms with van der Waals surface area (Å²) in [6, 6.07) is 1.92. The summed E-state index contributed by atoms with van der Waals surface area (Å²) in [5.74, 6) is 0.962. The van der Waals surface area contributed by atoms with Gasteiger partial charge in [-0.15, -0.1) is 0 Å². The third-order valence-corrected chi connectivity index (χ3v) is 3.01. The van der Waals surface area contributed by atoms with Crippen LogP contribution in [0.3, 0.4) is 0 Å². The lowest BCUT2D eigenvalue weighted by Crippen LogP contribution is -2.00. The summed E-state index contributed by atoms with van der Waals surface area (Å²) in [4.78, 5) is 12.6. The van der Waals surface area contributed by atoms with Gasteiger partial charge in [-0.25, -0.2) is 9.97 Å². The molecule has 0 saturated carbocycles. The molecule has 0 aliphatic carbocycles. The number of hydrogen-bond donors (Lipinski definition) is 0. The molecule has 0 saturated heterocycles. The highest BCUT2D eigenvalue weighted by molar-refractivity contribution is 6.30. The summed E-state index contributed by atoms with van der Waals surface area (Å²) in [7, 11) is 0. The van der Waals surface area contributed by atoms with Gasteiger partial charge < -0.3 is 4.74 Å². The first kappa shape index (κ1) is 13.7. The van der Waals surface area contributed by atoms with Gasteiger partial charge in [-0.2, -0.15) is 0 Å². The molecule has 0 bridgehead atoms. The first-order chi connectivity index (χ1) is 9.13. The van der Waals surface area contributed by atoms with Crippen molar-refractivity contribution in [3.63, 3.8) is 0 Å². The minimum Gasteiger partial charge on any atom is -0.492 e. The third kappa shape index (κ3) is 3.01. The molecule has 2 aromatic rings. The second kappa shape index (κ2) is 5.97. The summed E-state index contributed by atoms with van der Waals surface area (Å²) >= 11 is 6.17. The Kier molecular flexibility index (Phi) is 4.32. The van der Waals surface area contributed by atoms with Crippen molar-refractivity contribution in [3.8, 4) is 17.0 Å². The second-order valence-corrected chi connectivity index (χ2v) is 4.78. The van der Waals surface area contributed by atoms with E-state index in [1.54, 1.807) is 12.4 Å². The summed E-state index contributed by atoms with van der Waals surface area (Å²) in [5, 5.41) is 0.488. The van der Waals surface area contributed by atoms with E-state index in [2.05, 4.69) is 28.8 Å². The van der Waals surface area contributed by atoms with E-state index in [4.69, 9.17) is 16.3 Å². The fraction of sp³-hybridized carbons (Fsp3) is 0.357. The minimum absolute atomic E-state index is 0.236. The van der Waals surface area contributed by atoms with Gasteiger partial charge in [0.15, 0.2) is 0 Å². The van der Waals surface area contributed by atoms with Gasteiger partial charge in [0.25, 0.3) is 0 Å². The molecule has 0 aromatic carbocycles. The van der Waals surface area contributed by atoms with Crippen molar-refractivity contribution in [2.75, 3.05) is 6.61 Å². The Morgan fingerprint density at radius 2 is 2.05 bits per heavy atom. The van der Waals surface area contributed by atoms with E-state index >= 15 is 0 Å². The summed E-state index contributed by atoms with van der Waals surface area (Å²) in [5.41, 5.74) is 2.63. The first-order valence-corrected chi connectivity index (χ1v) is 6.59. The second-order valence-electron chi connectivity index (χ2n) is 4.42. The van der Waals surface area contributed by atoms with Crippen LogP contribution in [0.4, 0.5) is 0 Å². The van der Waals surface area contributed by atoms with Gasteiger partial charge in [0.05, 0.1) is 18.5 Å². The molecule has 2 aromatic heterocycles. The topological polar surface area (TPSA) is 47.9 Å². The first-order valence-electron chi connectivity index (χ1n) is 6.22. The molecular formula is C14H16ClN3O. The van der Waals surface area contributed by atoms with Crippen LogP contribution in [0.2, 0.25) is 5.15 Å². The SMILES string of the molecule is CCOc1cncc(-c2ncnc(Cl)c2C(C)C)c1. The van der Waals surface area contributed by atoms with Crippen LogP contribution < -0.4 is 4.74 Å². The van der Waals surface area contributed by atoms with Crippen molar-refractivity contribution in [2.24, 2.45) is 0 Å². The smallest absolute Gasteiger partial charge is 0.138 e. The minimum atomic E-state index is 0.236. The quantitative estimate of drug-likeness (QED) is 0.799. The predicted molar refractivity (Wildman–Crippen MR) is 75.5 cm³/mol. The average molecular weight is 278 g/mol. The lowest BCUT2D eigenvalue weighted by atomic mass is 9.99. The predicted octanol–water partition coefficient (Wildman–Crippen LogP) is 3.71. The fourth-order valence-electron chi connectivity index (χ4n) is 1.91. The highest BCUT2D eigenvalue weighted by atomic mass is 35.5. The molecule has 2 heterocycles. The van der Waals surface area contributed by atoms with Crippen LogP contribution in [0.5, 0.6) is 5.75 Å². The maximum atomic E-state index is 6.17. The number of aromatic nitrogens is 3. The Bertz CT molecular complexity index is 572. The van der Waals surface area contributed by atoms with E-state index in [0.717, 1.165) is 22.6 Å². The molecular weight excluding hydrogens is 262 g/mol. The van der Waals surface area contributed by atoms with Gasteiger partial charge >= 0.3 is 0 Å². The Labute approximate surface area is 117 Å². The van der Waals surface area contributed by atoms with E-state index < -0.39 is 0 Å². The third-order valence-electron chi connectivity index (χ3n) is 2.71. The van der Waals surface area contributed by atoms with E-state index in [-0.39, 0.29) is 5.92 Å². The van der Waals surface area contributed by atoms with E-state index in [9.17, 15) is 0 Å². The average Bonchev–Trinajstić information content (AvgIpc) is 2.38. The van der Waals surface area contributed by atoms with Crippen LogP contribution in [0, 0.1) is 0 Å². The van der Waals surface area contributed by atoms with E-state index in [1.165, 1.54) is 6.33 Å². The van der Waals surface area contributed by atoms with Crippen molar-refractivity contribution in [1.82, 2.24) is 15.0 Å². The van der Waals surface area contributed by atoms with E-state index in [0.29, 0.717) is 11.8 Å². The molecule has 0 unspecified atom stereocenters. The van der Waals surface area contributed by atoms with Gasteiger partial charge in [-0.3, -0.25) is 4.98 Å². The van der Waals surface area contributed by atoms with Gasteiger partial charge in [0.1, 0.15) is 17.2 Å². The largest absolute Gasteiger partial charge is 0.492 e. The van der Waals surface area contributed by atoms with Crippen LogP contribution >= 0.6 is 11.6 Å². The fourth-order valence-corrected chi connectivity index (χ4v) is 2.26. The number of halogens is 1. The van der Waals surface area contributed by atoms with E-state index in [1.807, 2.05) is 13.0 Å². The molecule has 2 rings (SSSR count). The van der Waals surface area contributed by atoms with Crippen LogP contribution in [-0.4, -0.2) is 21.6 Å². The molecule has 0 aliphatic heterocycles. The number of hydrogen-bond acceptors (Lipinski definition) is 4. The van der Waals surface area contributed by atoms with Crippen molar-refractivity contribution in [3.05, 3.63) is 35.5 Å². The van der Waals surface area contributed by atoms with Crippen LogP contribution in [0.25, 0.3) is 11.3 Å². The van der Waals surface area contributed by atoms with Gasteiger partial charge in [0, 0.05) is 17.3 Å². The van der Waals surface area contributed by atoms with Gasteiger partial charge in [-0.1, -0.05) is 25.4 Å². The Hall–Kier alpha value is -1.68. The molecule has 4 nitrogen and oxygen atoms in total. The molecule has 0 spiro atoms. The monoisotopic (exact) mass is 277 g/mol. The van der Waals surface area contributed by atoms with Crippen molar-refractivity contribution >= 4 is 11.6 Å². The highest BCUT2D eigenvalue weighted by Crippen LogP contribution is 2.32. The molecule has 0 radical (unpaired) electrons. The van der Waals surface area contributed by atoms with Crippen molar-refractivity contribution in [2.45, 2.75) is 26.7 Å². The van der Waals surface area contributed by atoms with Gasteiger partial charge in [-0.05, 0) is 18.9 Å². The Morgan fingerprint density at radius 3 is 2.74 bits per heavy atom. The molecule has 5 heteroatoms. The van der Waals surface area contributed by atoms with Gasteiger partial charge in [0.2, 0.25) is 0 Å². The number of pyridine rings is 1. The maximum Gasteiger partial charge on any atom is 0.138 e. The highest BCUT2D eigenvalue weighted by Gasteiger charge is 2.15. The zero-order valence-electron chi connectivity index (χ0n) is 11.2. The molecule has 0 atom stereocenters. The van der Waals surface area contributed by atoms with Crippen molar-refractivity contribution < 1.29 is 4.74 Å². The lowest BCUT2D eigenvalue weighted by Gasteiger charge is -2.13. The number of nitrogens with zero attached hydrogens (tertiary/aromatic N) is 3. The normalized spacial score (nSPS) is 10.8. The molecule has 0 N–H and O–H groups in total. The molecule has 19 heavy (non-hydrogen) atoms.